The number of hydrazone groups is 1. The monoisotopic (exact) mass is 466 g/mol. The Morgan fingerprint density at radius 2 is 2.06 bits per heavy atom. The van der Waals surface area contributed by atoms with E-state index in [2.05, 4.69) is 22.1 Å². The summed E-state index contributed by atoms with van der Waals surface area (Å²) < 4.78 is 13.2. The highest BCUT2D eigenvalue weighted by Crippen LogP contribution is 2.28. The summed E-state index contributed by atoms with van der Waals surface area (Å²) in [6, 6.07) is 17.8. The topological polar surface area (TPSA) is 101 Å². The van der Waals surface area contributed by atoms with Crippen LogP contribution in [0, 0.1) is 18.3 Å². The molecule has 176 valence electrons. The molecular weight excluding hydrogens is 440 g/mol. The van der Waals surface area contributed by atoms with Crippen LogP contribution >= 0.6 is 0 Å². The predicted molar refractivity (Wildman–Crippen MR) is 136 cm³/mol. The van der Waals surface area contributed by atoms with E-state index in [0.717, 1.165) is 33.8 Å². The van der Waals surface area contributed by atoms with Crippen LogP contribution in [0.25, 0.3) is 16.9 Å². The zero-order chi connectivity index (χ0) is 24.8. The third kappa shape index (κ3) is 5.31. The fourth-order valence-corrected chi connectivity index (χ4v) is 3.42. The lowest BCUT2D eigenvalue weighted by molar-refractivity contribution is 0.361. The molecule has 0 aliphatic carbocycles. The first-order valence-electron chi connectivity index (χ1n) is 11.2. The maximum absolute atomic E-state index is 9.36. The first-order valence-corrected chi connectivity index (χ1v) is 11.2. The molecule has 8 nitrogen and oxygen atoms in total. The highest BCUT2D eigenvalue weighted by Gasteiger charge is 2.16. The third-order valence-electron chi connectivity index (χ3n) is 5.18. The molecule has 0 radical (unpaired) electrons. The summed E-state index contributed by atoms with van der Waals surface area (Å²) in [5, 5.41) is 18.5. The molecular formula is C27H26N6O2. The summed E-state index contributed by atoms with van der Waals surface area (Å²) in [5.41, 5.74) is 7.33. The maximum atomic E-state index is 9.36. The van der Waals surface area contributed by atoms with Gasteiger partial charge in [0.05, 0.1) is 11.9 Å². The minimum Gasteiger partial charge on any atom is -0.489 e. The SMILES string of the molecule is C=CCOc1ccc(-c2nn(-c3ccccc3)cc2C=NNc2oc(C(C)C)nc2C#N)cc1C. The van der Waals surface area contributed by atoms with Gasteiger partial charge in [0.2, 0.25) is 11.6 Å². The molecule has 4 aromatic rings. The number of ether oxygens (including phenoxy) is 1. The van der Waals surface area contributed by atoms with E-state index in [4.69, 9.17) is 14.3 Å². The maximum Gasteiger partial charge on any atom is 0.252 e. The molecule has 35 heavy (non-hydrogen) atoms. The Hall–Kier alpha value is -4.64. The van der Waals surface area contributed by atoms with Gasteiger partial charge in [-0.15, -0.1) is 0 Å². The lowest BCUT2D eigenvalue weighted by Crippen LogP contribution is -1.96. The normalized spacial score (nSPS) is 11.1. The first kappa shape index (κ1) is 23.5. The minimum absolute atomic E-state index is 0.0546. The second-order valence-corrected chi connectivity index (χ2v) is 8.16. The van der Waals surface area contributed by atoms with Crippen LogP contribution < -0.4 is 10.2 Å². The average Bonchev–Trinajstić information content (AvgIpc) is 3.48. The summed E-state index contributed by atoms with van der Waals surface area (Å²) in [4.78, 5) is 4.20. The smallest absolute Gasteiger partial charge is 0.252 e. The van der Waals surface area contributed by atoms with E-state index in [1.165, 1.54) is 0 Å². The van der Waals surface area contributed by atoms with Gasteiger partial charge in [0, 0.05) is 23.2 Å². The molecule has 2 aromatic carbocycles. The first-order chi connectivity index (χ1) is 17.0. The molecule has 8 heteroatoms. The van der Waals surface area contributed by atoms with Crippen LogP contribution in [-0.4, -0.2) is 27.6 Å². The van der Waals surface area contributed by atoms with E-state index < -0.39 is 0 Å². The number of aryl methyl sites for hydroxylation is 1. The largest absolute Gasteiger partial charge is 0.489 e. The van der Waals surface area contributed by atoms with Crippen molar-refractivity contribution < 1.29 is 9.15 Å². The summed E-state index contributed by atoms with van der Waals surface area (Å²) in [7, 11) is 0. The zero-order valence-electron chi connectivity index (χ0n) is 19.9. The van der Waals surface area contributed by atoms with Crippen LogP contribution in [-0.2, 0) is 0 Å². The van der Waals surface area contributed by atoms with Crippen LogP contribution in [0.1, 0.15) is 42.5 Å². The van der Waals surface area contributed by atoms with Gasteiger partial charge < -0.3 is 9.15 Å². The van der Waals surface area contributed by atoms with Gasteiger partial charge in [0.1, 0.15) is 24.1 Å². The van der Waals surface area contributed by atoms with Crippen molar-refractivity contribution in [1.82, 2.24) is 14.8 Å². The van der Waals surface area contributed by atoms with Gasteiger partial charge in [-0.25, -0.2) is 15.1 Å². The number of hydrogen-bond acceptors (Lipinski definition) is 7. The van der Waals surface area contributed by atoms with E-state index in [1.807, 2.05) is 81.6 Å². The molecule has 0 spiro atoms. The number of benzene rings is 2. The molecule has 0 saturated heterocycles. The van der Waals surface area contributed by atoms with Gasteiger partial charge in [0.25, 0.3) is 5.88 Å². The number of hydrogen-bond donors (Lipinski definition) is 1. The predicted octanol–water partition coefficient (Wildman–Crippen LogP) is 5.84. The van der Waals surface area contributed by atoms with Crippen molar-refractivity contribution in [2.24, 2.45) is 5.10 Å². The quantitative estimate of drug-likeness (QED) is 0.189. The zero-order valence-corrected chi connectivity index (χ0v) is 19.9. The van der Waals surface area contributed by atoms with E-state index in [0.29, 0.717) is 12.5 Å². The standard InChI is InChI=1S/C27H26N6O2/c1-5-13-34-24-12-11-20(14-19(24)4)25-21(17-33(32-25)22-9-7-6-8-10-22)16-29-31-27-23(15-28)30-26(35-27)18(2)3/h5-12,14,16-18,31H,1,13H2,2-4H3. The van der Waals surface area contributed by atoms with Crippen molar-refractivity contribution >= 4 is 12.1 Å². The van der Waals surface area contributed by atoms with Crippen LogP contribution in [0.2, 0.25) is 0 Å². The molecule has 2 heterocycles. The number of nitriles is 1. The molecule has 0 fully saturated rings. The molecule has 0 aliphatic rings. The minimum atomic E-state index is 0.0546. The Balaban J connectivity index is 1.68. The Labute approximate surface area is 204 Å². The molecule has 0 saturated carbocycles. The highest BCUT2D eigenvalue weighted by molar-refractivity contribution is 5.89. The molecule has 0 amide bonds. The van der Waals surface area contributed by atoms with Crippen LogP contribution in [0.15, 0.2) is 76.9 Å². The Morgan fingerprint density at radius 1 is 1.26 bits per heavy atom. The van der Waals surface area contributed by atoms with Gasteiger partial charge in [-0.3, -0.25) is 0 Å². The summed E-state index contributed by atoms with van der Waals surface area (Å²) in [5.74, 6) is 1.54. The third-order valence-corrected chi connectivity index (χ3v) is 5.18. The lowest BCUT2D eigenvalue weighted by Gasteiger charge is -2.08. The molecule has 2 aromatic heterocycles. The Kier molecular flexibility index (Phi) is 7.07. The molecule has 0 bridgehead atoms. The van der Waals surface area contributed by atoms with E-state index in [9.17, 15) is 5.26 Å². The van der Waals surface area contributed by atoms with Crippen LogP contribution in [0.3, 0.4) is 0 Å². The number of anilines is 1. The number of para-hydroxylation sites is 1. The van der Waals surface area contributed by atoms with Gasteiger partial charge >= 0.3 is 0 Å². The second-order valence-electron chi connectivity index (χ2n) is 8.16. The fourth-order valence-electron chi connectivity index (χ4n) is 3.42. The summed E-state index contributed by atoms with van der Waals surface area (Å²) in [6.07, 6.45) is 5.27. The molecule has 0 atom stereocenters. The van der Waals surface area contributed by atoms with Crippen molar-refractivity contribution in [1.29, 1.82) is 5.26 Å². The van der Waals surface area contributed by atoms with Crippen LogP contribution in [0.5, 0.6) is 5.75 Å². The molecule has 1 N–H and O–H groups in total. The van der Waals surface area contributed by atoms with Crippen LogP contribution in [0.4, 0.5) is 5.88 Å². The van der Waals surface area contributed by atoms with Gasteiger partial charge in [-0.05, 0) is 42.8 Å². The summed E-state index contributed by atoms with van der Waals surface area (Å²) in [6.45, 7) is 10.0. The van der Waals surface area contributed by atoms with E-state index in [1.54, 1.807) is 17.0 Å². The molecule has 0 unspecified atom stereocenters. The number of rotatable bonds is 9. The average molecular weight is 467 g/mol. The van der Waals surface area contributed by atoms with E-state index >= 15 is 0 Å². The van der Waals surface area contributed by atoms with Crippen molar-refractivity contribution in [3.63, 3.8) is 0 Å². The van der Waals surface area contributed by atoms with Crippen molar-refractivity contribution in [3.8, 4) is 28.8 Å². The van der Waals surface area contributed by atoms with Crippen molar-refractivity contribution in [2.75, 3.05) is 12.0 Å². The highest BCUT2D eigenvalue weighted by atomic mass is 16.5. The van der Waals surface area contributed by atoms with Gasteiger partial charge in [-0.2, -0.15) is 15.5 Å². The number of aromatic nitrogens is 3. The van der Waals surface area contributed by atoms with Gasteiger partial charge in [0.15, 0.2) is 0 Å². The van der Waals surface area contributed by atoms with Crippen molar-refractivity contribution in [2.45, 2.75) is 26.7 Å². The number of nitrogens with zero attached hydrogens (tertiary/aromatic N) is 5. The second kappa shape index (κ2) is 10.5. The Morgan fingerprint density at radius 3 is 2.74 bits per heavy atom. The summed E-state index contributed by atoms with van der Waals surface area (Å²) >= 11 is 0. The van der Waals surface area contributed by atoms with Gasteiger partial charge in [-0.1, -0.05) is 44.7 Å². The van der Waals surface area contributed by atoms with E-state index in [-0.39, 0.29) is 17.5 Å². The molecule has 0 aliphatic heterocycles. The van der Waals surface area contributed by atoms with Crippen molar-refractivity contribution in [3.05, 3.63) is 90.1 Å². The Bertz CT molecular complexity index is 1390. The number of nitrogens with one attached hydrogen (secondary N) is 1. The fraction of sp³-hybridized carbons (Fsp3) is 0.185. The molecule has 4 rings (SSSR count). The number of oxazole rings is 1. The lowest BCUT2D eigenvalue weighted by atomic mass is 10.1.